The van der Waals surface area contributed by atoms with E-state index in [1.807, 2.05) is 30.8 Å². The molecule has 10 heteroatoms. The maximum Gasteiger partial charge on any atom is 0.307 e. The van der Waals surface area contributed by atoms with Crippen LogP contribution >= 0.6 is 0 Å². The molecular weight excluding hydrogens is 538 g/mol. The number of rotatable bonds is 22. The minimum atomic E-state index is -3.21. The van der Waals surface area contributed by atoms with Gasteiger partial charge in [-0.1, -0.05) is 90.9 Å². The lowest BCUT2D eigenvalue weighted by Crippen LogP contribution is -2.53. The zero-order chi connectivity index (χ0) is 29.5. The van der Waals surface area contributed by atoms with E-state index in [0.717, 1.165) is 42.5 Å². The third kappa shape index (κ3) is 11.2. The molecule has 0 saturated heterocycles. The van der Waals surface area contributed by atoms with E-state index in [4.69, 9.17) is 4.74 Å². The Labute approximate surface area is 247 Å². The predicted molar refractivity (Wildman–Crippen MR) is 166 cm³/mol. The molecule has 0 atom stereocenters. The van der Waals surface area contributed by atoms with Crippen LogP contribution in [0.15, 0.2) is 18.6 Å². The van der Waals surface area contributed by atoms with Crippen molar-refractivity contribution < 1.29 is 17.9 Å². The first-order valence-electron chi connectivity index (χ1n) is 16.0. The zero-order valence-corrected chi connectivity index (χ0v) is 26.5. The van der Waals surface area contributed by atoms with Gasteiger partial charge in [0.1, 0.15) is 17.8 Å². The van der Waals surface area contributed by atoms with Gasteiger partial charge in [0.25, 0.3) is 0 Å². The summed E-state index contributed by atoms with van der Waals surface area (Å²) in [6.45, 7) is 4.26. The van der Waals surface area contributed by atoms with E-state index in [2.05, 4.69) is 26.5 Å². The van der Waals surface area contributed by atoms with Crippen LogP contribution in [-0.2, 0) is 26.3 Å². The molecule has 2 heterocycles. The standard InChI is InChI=1S/C31H53N5O4S/c1-4-6-7-8-9-10-11-12-13-14-15-16-17-18-29(37)40-25-36-20-19-28-30(32-24-33-31(28)36)35(3)27-22-26(23-27)34-41(38,39)21-5-2/h19-20,24,26-27,34H,4-18,21-23,25H2,1-3H3. The Morgan fingerprint density at radius 1 is 0.951 bits per heavy atom. The van der Waals surface area contributed by atoms with Crippen molar-refractivity contribution in [1.82, 2.24) is 19.3 Å². The first-order valence-corrected chi connectivity index (χ1v) is 17.7. The van der Waals surface area contributed by atoms with E-state index in [0.29, 0.717) is 12.8 Å². The predicted octanol–water partition coefficient (Wildman–Crippen LogP) is 6.71. The number of anilines is 1. The van der Waals surface area contributed by atoms with E-state index in [-0.39, 0.29) is 30.5 Å². The van der Waals surface area contributed by atoms with Crippen molar-refractivity contribution in [2.75, 3.05) is 17.7 Å². The summed E-state index contributed by atoms with van der Waals surface area (Å²) in [6, 6.07) is 2.11. The highest BCUT2D eigenvalue weighted by Crippen LogP contribution is 2.32. The monoisotopic (exact) mass is 591 g/mol. The number of fused-ring (bicyclic) bond motifs is 1. The summed E-state index contributed by atoms with van der Waals surface area (Å²) in [5, 5.41) is 0.887. The lowest BCUT2D eigenvalue weighted by atomic mass is 9.86. The molecule has 1 fully saturated rings. The molecule has 2 aromatic rings. The van der Waals surface area contributed by atoms with Gasteiger partial charge in [0.2, 0.25) is 10.0 Å². The number of sulfonamides is 1. The lowest BCUT2D eigenvalue weighted by molar-refractivity contribution is -0.147. The number of hydrogen-bond donors (Lipinski definition) is 1. The van der Waals surface area contributed by atoms with Crippen LogP contribution in [0.2, 0.25) is 0 Å². The highest BCUT2D eigenvalue weighted by Gasteiger charge is 2.35. The fraction of sp³-hybridized carbons (Fsp3) is 0.774. The number of hydrogen-bond acceptors (Lipinski definition) is 7. The number of ether oxygens (including phenoxy) is 1. The fourth-order valence-corrected chi connectivity index (χ4v) is 6.99. The third-order valence-corrected chi connectivity index (χ3v) is 9.84. The molecule has 0 aliphatic heterocycles. The summed E-state index contributed by atoms with van der Waals surface area (Å²) in [5.41, 5.74) is 0.718. The molecule has 9 nitrogen and oxygen atoms in total. The quantitative estimate of drug-likeness (QED) is 0.120. The maximum atomic E-state index is 12.3. The number of nitrogens with zero attached hydrogens (tertiary/aromatic N) is 4. The molecule has 0 spiro atoms. The fourth-order valence-electron chi connectivity index (χ4n) is 5.63. The third-order valence-electron chi connectivity index (χ3n) is 8.20. The Bertz CT molecular complexity index is 1150. The summed E-state index contributed by atoms with van der Waals surface area (Å²) in [6.07, 6.45) is 22.6. The summed E-state index contributed by atoms with van der Waals surface area (Å²) in [7, 11) is -1.22. The van der Waals surface area contributed by atoms with E-state index >= 15 is 0 Å². The molecule has 0 aromatic carbocycles. The van der Waals surface area contributed by atoms with Crippen molar-refractivity contribution in [2.45, 2.75) is 142 Å². The molecule has 1 aliphatic rings. The molecule has 0 amide bonds. The number of carbonyl (C=O) groups excluding carboxylic acids is 1. The topological polar surface area (TPSA) is 106 Å². The van der Waals surface area contributed by atoms with Gasteiger partial charge in [-0.3, -0.25) is 9.36 Å². The van der Waals surface area contributed by atoms with Crippen molar-refractivity contribution in [1.29, 1.82) is 0 Å². The van der Waals surface area contributed by atoms with Gasteiger partial charge >= 0.3 is 5.97 Å². The average Bonchev–Trinajstić information content (AvgIpc) is 3.35. The Morgan fingerprint density at radius 2 is 1.56 bits per heavy atom. The normalized spacial score (nSPS) is 17.0. The van der Waals surface area contributed by atoms with Crippen molar-refractivity contribution in [3.63, 3.8) is 0 Å². The number of esters is 1. The molecule has 1 N–H and O–H groups in total. The number of aromatic nitrogens is 3. The first kappa shape index (κ1) is 33.3. The Balaban J connectivity index is 1.31. The average molecular weight is 592 g/mol. The molecule has 0 radical (unpaired) electrons. The van der Waals surface area contributed by atoms with Gasteiger partial charge in [0, 0.05) is 31.7 Å². The minimum Gasteiger partial charge on any atom is -0.444 e. The van der Waals surface area contributed by atoms with Crippen molar-refractivity contribution in [3.8, 4) is 0 Å². The molecule has 0 bridgehead atoms. The molecule has 3 rings (SSSR count). The molecule has 41 heavy (non-hydrogen) atoms. The van der Waals surface area contributed by atoms with E-state index < -0.39 is 10.0 Å². The van der Waals surface area contributed by atoms with Crippen LogP contribution < -0.4 is 9.62 Å². The SMILES string of the molecule is CCCCCCCCCCCCCCCC(=O)OCn1ccc2c(N(C)C3CC(NS(=O)(=O)CCC)C3)ncnc21. The van der Waals surface area contributed by atoms with E-state index in [1.54, 1.807) is 0 Å². The smallest absolute Gasteiger partial charge is 0.307 e. The number of nitrogens with one attached hydrogen (secondary N) is 1. The Morgan fingerprint density at radius 3 is 2.17 bits per heavy atom. The first-order chi connectivity index (χ1) is 19.8. The van der Waals surface area contributed by atoms with Crippen LogP contribution in [0.3, 0.4) is 0 Å². The molecule has 0 unspecified atom stereocenters. The lowest BCUT2D eigenvalue weighted by Gasteiger charge is -2.41. The van der Waals surface area contributed by atoms with Crippen LogP contribution in [0.5, 0.6) is 0 Å². The van der Waals surface area contributed by atoms with Gasteiger partial charge in [-0.15, -0.1) is 0 Å². The molecular formula is C31H53N5O4S. The highest BCUT2D eigenvalue weighted by atomic mass is 32.2. The van der Waals surface area contributed by atoms with Crippen molar-refractivity contribution >= 4 is 32.8 Å². The van der Waals surface area contributed by atoms with Gasteiger partial charge in [0.15, 0.2) is 6.73 Å². The van der Waals surface area contributed by atoms with Crippen molar-refractivity contribution in [3.05, 3.63) is 18.6 Å². The van der Waals surface area contributed by atoms with Gasteiger partial charge in [-0.2, -0.15) is 0 Å². The second-order valence-electron chi connectivity index (χ2n) is 11.7. The Kier molecular flexibility index (Phi) is 14.4. The van der Waals surface area contributed by atoms with Crippen LogP contribution in [0.4, 0.5) is 5.82 Å². The second-order valence-corrected chi connectivity index (χ2v) is 13.6. The highest BCUT2D eigenvalue weighted by molar-refractivity contribution is 7.89. The molecule has 1 saturated carbocycles. The summed E-state index contributed by atoms with van der Waals surface area (Å²) >= 11 is 0. The molecule has 1 aliphatic carbocycles. The summed E-state index contributed by atoms with van der Waals surface area (Å²) in [4.78, 5) is 23.4. The van der Waals surface area contributed by atoms with E-state index in [1.165, 1.54) is 77.0 Å². The molecule has 2 aromatic heterocycles. The van der Waals surface area contributed by atoms with E-state index in [9.17, 15) is 13.2 Å². The molecule has 232 valence electrons. The van der Waals surface area contributed by atoms with Gasteiger partial charge < -0.3 is 9.64 Å². The van der Waals surface area contributed by atoms with Crippen LogP contribution in [0.1, 0.15) is 123 Å². The largest absolute Gasteiger partial charge is 0.444 e. The van der Waals surface area contributed by atoms with Gasteiger partial charge in [-0.25, -0.2) is 23.1 Å². The zero-order valence-electron chi connectivity index (χ0n) is 25.7. The van der Waals surface area contributed by atoms with Crippen LogP contribution in [0, 0.1) is 0 Å². The Hall–Kier alpha value is -2.20. The van der Waals surface area contributed by atoms with Crippen LogP contribution in [0.25, 0.3) is 11.0 Å². The number of carbonyl (C=O) groups is 1. The second kappa shape index (κ2) is 17.7. The maximum absolute atomic E-state index is 12.3. The minimum absolute atomic E-state index is 0.0322. The van der Waals surface area contributed by atoms with Gasteiger partial charge in [-0.05, 0) is 31.7 Å². The van der Waals surface area contributed by atoms with Gasteiger partial charge in [0.05, 0.1) is 11.1 Å². The summed E-state index contributed by atoms with van der Waals surface area (Å²) in [5.74, 6) is 0.785. The number of unbranched alkanes of at least 4 members (excludes halogenated alkanes) is 12. The summed E-state index contributed by atoms with van der Waals surface area (Å²) < 4.78 is 34.3. The van der Waals surface area contributed by atoms with Crippen LogP contribution in [-0.4, -0.2) is 53.8 Å². The van der Waals surface area contributed by atoms with Crippen molar-refractivity contribution in [2.24, 2.45) is 0 Å².